The number of primary amides is 1. The number of fused-ring (bicyclic) bond motifs is 3. The van der Waals surface area contributed by atoms with Crippen molar-refractivity contribution in [2.45, 2.75) is 31.3 Å². The lowest BCUT2D eigenvalue weighted by molar-refractivity contribution is -0.113. The predicted molar refractivity (Wildman–Crippen MR) is 143 cm³/mol. The van der Waals surface area contributed by atoms with Gasteiger partial charge in [0, 0.05) is 16.1 Å². The third kappa shape index (κ3) is 4.74. The lowest BCUT2D eigenvalue weighted by atomic mass is 10.2. The molecule has 3 N–H and O–H groups in total. The van der Waals surface area contributed by atoms with E-state index in [-0.39, 0.29) is 17.2 Å². The summed E-state index contributed by atoms with van der Waals surface area (Å²) in [5.41, 5.74) is 7.84. The van der Waals surface area contributed by atoms with Crippen molar-refractivity contribution in [3.63, 3.8) is 0 Å². The maximum absolute atomic E-state index is 13.8. The van der Waals surface area contributed by atoms with E-state index in [1.54, 1.807) is 40.2 Å². The van der Waals surface area contributed by atoms with Crippen LogP contribution in [0.25, 0.3) is 15.9 Å². The lowest BCUT2D eigenvalue weighted by Gasteiger charge is -2.13. The van der Waals surface area contributed by atoms with Gasteiger partial charge in [0.25, 0.3) is 5.56 Å². The number of thioether (sulfide) groups is 1. The number of carbonyl (C=O) groups is 2. The third-order valence-corrected chi connectivity index (χ3v) is 8.02. The highest BCUT2D eigenvalue weighted by Crippen LogP contribution is 2.36. The van der Waals surface area contributed by atoms with E-state index < -0.39 is 5.91 Å². The van der Waals surface area contributed by atoms with Gasteiger partial charge in [-0.15, -0.1) is 11.3 Å². The second-order valence-corrected chi connectivity index (χ2v) is 10.3. The van der Waals surface area contributed by atoms with E-state index in [9.17, 15) is 14.4 Å². The van der Waals surface area contributed by atoms with Crippen LogP contribution >= 0.6 is 23.1 Å². The Morgan fingerprint density at radius 1 is 1.14 bits per heavy atom. The van der Waals surface area contributed by atoms with Crippen LogP contribution in [0.1, 0.15) is 34.1 Å². The quantitative estimate of drug-likeness (QED) is 0.266. The Bertz CT molecular complexity index is 1510. The number of ether oxygens (including phenoxy) is 1. The summed E-state index contributed by atoms with van der Waals surface area (Å²) in [4.78, 5) is 44.5. The molecule has 1 aliphatic rings. The molecule has 2 amide bonds. The van der Waals surface area contributed by atoms with E-state index >= 15 is 0 Å². The topological polar surface area (TPSA) is 116 Å². The zero-order chi connectivity index (χ0) is 25.2. The SMILES string of the molecule is CCOc1ccc(-n2c(SCC(=O)Nc3ccc(C(N)=O)cc3)nc3sc4c(c3c2=O)CCC4)cc1. The second kappa shape index (κ2) is 10.2. The molecule has 0 saturated carbocycles. The van der Waals surface area contributed by atoms with Crippen molar-refractivity contribution in [3.8, 4) is 11.4 Å². The number of benzene rings is 2. The normalized spacial score (nSPS) is 12.5. The molecule has 0 saturated heterocycles. The van der Waals surface area contributed by atoms with Crippen LogP contribution < -0.4 is 21.3 Å². The number of aromatic nitrogens is 2. The fourth-order valence-electron chi connectivity index (χ4n) is 4.25. The number of amides is 2. The molecule has 0 unspecified atom stereocenters. The molecule has 0 radical (unpaired) electrons. The van der Waals surface area contributed by atoms with E-state index in [0.29, 0.717) is 34.1 Å². The standard InChI is InChI=1S/C26H24N4O4S2/c1-2-34-18-12-10-17(11-13-18)30-25(33)22-19-4-3-5-20(19)36-24(22)29-26(30)35-14-21(31)28-16-8-6-15(7-9-16)23(27)32/h6-13H,2-5,14H2,1H3,(H2,27,32)(H,28,31). The summed E-state index contributed by atoms with van der Waals surface area (Å²) in [5.74, 6) is -0.0158. The van der Waals surface area contributed by atoms with Gasteiger partial charge in [-0.2, -0.15) is 0 Å². The minimum Gasteiger partial charge on any atom is -0.494 e. The van der Waals surface area contributed by atoms with Gasteiger partial charge in [0.15, 0.2) is 5.16 Å². The van der Waals surface area contributed by atoms with Crippen molar-refractivity contribution in [2.24, 2.45) is 5.73 Å². The highest BCUT2D eigenvalue weighted by Gasteiger charge is 2.24. The van der Waals surface area contributed by atoms with E-state index in [1.165, 1.54) is 16.6 Å². The van der Waals surface area contributed by atoms with Gasteiger partial charge in [0.1, 0.15) is 10.6 Å². The Labute approximate surface area is 215 Å². The monoisotopic (exact) mass is 520 g/mol. The van der Waals surface area contributed by atoms with E-state index in [0.717, 1.165) is 35.4 Å². The van der Waals surface area contributed by atoms with Gasteiger partial charge in [0.2, 0.25) is 11.8 Å². The first-order valence-corrected chi connectivity index (χ1v) is 13.4. The van der Waals surface area contributed by atoms with Gasteiger partial charge in [-0.1, -0.05) is 11.8 Å². The van der Waals surface area contributed by atoms with Crippen LogP contribution in [0.4, 0.5) is 5.69 Å². The van der Waals surface area contributed by atoms with Crippen molar-refractivity contribution in [3.05, 3.63) is 74.9 Å². The summed E-state index contributed by atoms with van der Waals surface area (Å²) in [6.45, 7) is 2.47. The number of nitrogens with zero attached hydrogens (tertiary/aromatic N) is 2. The number of carbonyl (C=O) groups excluding carboxylic acids is 2. The first kappa shape index (κ1) is 24.1. The fourth-order valence-corrected chi connectivity index (χ4v) is 6.37. The summed E-state index contributed by atoms with van der Waals surface area (Å²) in [5, 5.41) is 3.94. The number of thiophene rings is 1. The number of hydrogen-bond acceptors (Lipinski definition) is 7. The van der Waals surface area contributed by atoms with Gasteiger partial charge in [-0.3, -0.25) is 19.0 Å². The summed E-state index contributed by atoms with van der Waals surface area (Å²) >= 11 is 2.77. The first-order valence-electron chi connectivity index (χ1n) is 11.6. The lowest BCUT2D eigenvalue weighted by Crippen LogP contribution is -2.23. The minimum absolute atomic E-state index is 0.0532. The smallest absolute Gasteiger partial charge is 0.267 e. The van der Waals surface area contributed by atoms with Crippen LogP contribution in [-0.4, -0.2) is 33.7 Å². The average Bonchev–Trinajstić information content (AvgIpc) is 3.45. The average molecular weight is 521 g/mol. The Kier molecular flexibility index (Phi) is 6.80. The summed E-state index contributed by atoms with van der Waals surface area (Å²) in [7, 11) is 0. The maximum Gasteiger partial charge on any atom is 0.267 e. The maximum atomic E-state index is 13.8. The van der Waals surface area contributed by atoms with Gasteiger partial charge in [-0.25, -0.2) is 4.98 Å². The predicted octanol–water partition coefficient (Wildman–Crippen LogP) is 4.16. The molecule has 0 atom stereocenters. The van der Waals surface area contributed by atoms with Crippen LogP contribution in [0.5, 0.6) is 5.75 Å². The minimum atomic E-state index is -0.531. The Balaban J connectivity index is 1.45. The Morgan fingerprint density at radius 2 is 1.89 bits per heavy atom. The number of rotatable bonds is 8. The van der Waals surface area contributed by atoms with E-state index in [2.05, 4.69) is 5.32 Å². The largest absolute Gasteiger partial charge is 0.494 e. The molecule has 10 heteroatoms. The van der Waals surface area contributed by atoms with Crippen molar-refractivity contribution >= 4 is 50.8 Å². The first-order chi connectivity index (χ1) is 17.4. The van der Waals surface area contributed by atoms with E-state index in [1.807, 2.05) is 31.2 Å². The number of hydrogen-bond donors (Lipinski definition) is 2. The number of aryl methyl sites for hydroxylation is 2. The van der Waals surface area contributed by atoms with Gasteiger partial charge in [-0.05, 0) is 80.3 Å². The van der Waals surface area contributed by atoms with Crippen molar-refractivity contribution in [1.29, 1.82) is 0 Å². The van der Waals surface area contributed by atoms with Crippen LogP contribution in [0.3, 0.4) is 0 Å². The summed E-state index contributed by atoms with van der Waals surface area (Å²) in [6, 6.07) is 13.7. The highest BCUT2D eigenvalue weighted by atomic mass is 32.2. The molecule has 2 aromatic heterocycles. The molecule has 0 spiro atoms. The zero-order valence-corrected chi connectivity index (χ0v) is 21.2. The van der Waals surface area contributed by atoms with Crippen molar-refractivity contribution in [2.75, 3.05) is 17.7 Å². The van der Waals surface area contributed by atoms with Crippen LogP contribution in [-0.2, 0) is 17.6 Å². The number of anilines is 1. The summed E-state index contributed by atoms with van der Waals surface area (Å²) < 4.78 is 7.13. The summed E-state index contributed by atoms with van der Waals surface area (Å²) in [6.07, 6.45) is 2.91. The zero-order valence-electron chi connectivity index (χ0n) is 19.6. The van der Waals surface area contributed by atoms with Crippen molar-refractivity contribution in [1.82, 2.24) is 9.55 Å². The second-order valence-electron chi connectivity index (χ2n) is 8.28. The van der Waals surface area contributed by atoms with Crippen LogP contribution in [0.2, 0.25) is 0 Å². The molecule has 5 rings (SSSR count). The van der Waals surface area contributed by atoms with Crippen LogP contribution in [0.15, 0.2) is 58.5 Å². The Morgan fingerprint density at radius 3 is 2.58 bits per heavy atom. The molecule has 4 aromatic rings. The number of nitrogens with one attached hydrogen (secondary N) is 1. The molecule has 2 heterocycles. The fraction of sp³-hybridized carbons (Fsp3) is 0.231. The molecule has 36 heavy (non-hydrogen) atoms. The molecule has 0 fully saturated rings. The Hall–Kier alpha value is -3.63. The van der Waals surface area contributed by atoms with Gasteiger partial charge >= 0.3 is 0 Å². The molecular weight excluding hydrogens is 496 g/mol. The molecule has 2 aromatic carbocycles. The molecular formula is C26H24N4O4S2. The van der Waals surface area contributed by atoms with Gasteiger partial charge < -0.3 is 15.8 Å². The third-order valence-electron chi connectivity index (χ3n) is 5.90. The van der Waals surface area contributed by atoms with Crippen molar-refractivity contribution < 1.29 is 14.3 Å². The molecule has 8 nitrogen and oxygen atoms in total. The molecule has 1 aliphatic carbocycles. The molecule has 0 bridgehead atoms. The molecule has 0 aliphatic heterocycles. The highest BCUT2D eigenvalue weighted by molar-refractivity contribution is 7.99. The number of nitrogens with two attached hydrogens (primary N) is 1. The molecule has 184 valence electrons. The van der Waals surface area contributed by atoms with Gasteiger partial charge in [0.05, 0.1) is 23.4 Å². The van der Waals surface area contributed by atoms with Crippen LogP contribution in [0, 0.1) is 0 Å². The van der Waals surface area contributed by atoms with E-state index in [4.69, 9.17) is 15.5 Å².